The third-order valence-corrected chi connectivity index (χ3v) is 2.83. The predicted molar refractivity (Wildman–Crippen MR) is 115 cm³/mol. The van der Waals surface area contributed by atoms with Gasteiger partial charge in [-0.25, -0.2) is 0 Å². The first-order valence-electron chi connectivity index (χ1n) is 10.0. The Bertz CT molecular complexity index is 349. The van der Waals surface area contributed by atoms with Gasteiger partial charge in [0.15, 0.2) is 0 Å². The summed E-state index contributed by atoms with van der Waals surface area (Å²) in [5.74, 6) is 1.13. The minimum absolute atomic E-state index is 0.141. The second kappa shape index (κ2) is 27.7. The van der Waals surface area contributed by atoms with Crippen LogP contribution in [0.5, 0.6) is 0 Å². The van der Waals surface area contributed by atoms with Crippen molar-refractivity contribution in [2.45, 2.75) is 102 Å². The fourth-order valence-electron chi connectivity index (χ4n) is 1.94. The van der Waals surface area contributed by atoms with Crippen LogP contribution < -0.4 is 0 Å². The van der Waals surface area contributed by atoms with Gasteiger partial charge in [0.05, 0.1) is 6.61 Å². The highest BCUT2D eigenvalue weighted by molar-refractivity contribution is 5.72. The van der Waals surface area contributed by atoms with Crippen LogP contribution >= 0.6 is 0 Å². The quantitative estimate of drug-likeness (QED) is 0.599. The van der Waals surface area contributed by atoms with Gasteiger partial charge >= 0.3 is 0 Å². The summed E-state index contributed by atoms with van der Waals surface area (Å²) in [4.78, 5) is 9.44. The number of ketones is 1. The zero-order valence-electron chi connectivity index (χ0n) is 18.8. The molecule has 0 saturated carbocycles. The van der Waals surface area contributed by atoms with Gasteiger partial charge in [-0.1, -0.05) is 104 Å². The van der Waals surface area contributed by atoms with Gasteiger partial charge in [0.1, 0.15) is 5.78 Å². The molecule has 0 aliphatic rings. The molecule has 1 N–H and O–H groups in total. The Kier molecular flexibility index (Phi) is 35.0. The number of rotatable bonds is 5. The van der Waals surface area contributed by atoms with Crippen LogP contribution in [0.25, 0.3) is 0 Å². The number of hydrogen-bond acceptors (Lipinski definition) is 2. The number of benzene rings is 1. The van der Waals surface area contributed by atoms with Gasteiger partial charge in [-0.05, 0) is 32.3 Å². The van der Waals surface area contributed by atoms with Crippen molar-refractivity contribution in [2.24, 2.45) is 5.92 Å². The highest BCUT2D eigenvalue weighted by atomic mass is 16.3. The Labute approximate surface area is 159 Å². The Morgan fingerprint density at radius 1 is 1.00 bits per heavy atom. The van der Waals surface area contributed by atoms with E-state index in [1.165, 1.54) is 45.1 Å². The van der Waals surface area contributed by atoms with Crippen LogP contribution in [0.1, 0.15) is 99.1 Å². The van der Waals surface area contributed by atoms with Crippen LogP contribution in [-0.2, 0) is 11.4 Å². The Hall–Kier alpha value is -1.15. The van der Waals surface area contributed by atoms with Crippen molar-refractivity contribution in [1.29, 1.82) is 0 Å². The summed E-state index contributed by atoms with van der Waals surface area (Å²) >= 11 is 0. The lowest BCUT2D eigenvalue weighted by Gasteiger charge is -2.05. The molecule has 0 radical (unpaired) electrons. The van der Waals surface area contributed by atoms with Gasteiger partial charge in [0, 0.05) is 0 Å². The minimum atomic E-state index is 0.141. The number of aliphatic hydroxyl groups is 1. The number of aliphatic hydroxyl groups excluding tert-OH is 1. The van der Waals surface area contributed by atoms with Gasteiger partial charge in [-0.3, -0.25) is 0 Å². The molecule has 0 bridgehead atoms. The molecule has 0 aromatic heterocycles. The Balaban J connectivity index is -0.000000126. The Morgan fingerprint density at radius 3 is 1.64 bits per heavy atom. The number of hydrogen-bond donors (Lipinski definition) is 1. The predicted octanol–water partition coefficient (Wildman–Crippen LogP) is 7.36. The number of carbonyl (C=O) groups excluding carboxylic acids is 1. The van der Waals surface area contributed by atoms with E-state index in [1.54, 1.807) is 0 Å². The summed E-state index contributed by atoms with van der Waals surface area (Å²) in [6, 6.07) is 7.84. The molecule has 1 aromatic carbocycles. The topological polar surface area (TPSA) is 37.3 Å². The molecule has 1 aromatic rings. The van der Waals surface area contributed by atoms with Crippen LogP contribution in [-0.4, -0.2) is 10.9 Å². The number of aryl methyl sites for hydroxylation is 1. The molecule has 2 heteroatoms. The lowest BCUT2D eigenvalue weighted by Crippen LogP contribution is -1.91. The largest absolute Gasteiger partial charge is 0.392 e. The molecule has 0 aliphatic carbocycles. The van der Waals surface area contributed by atoms with Crippen molar-refractivity contribution in [1.82, 2.24) is 0 Å². The zero-order valence-corrected chi connectivity index (χ0v) is 18.8. The molecule has 0 aliphatic heterocycles. The van der Waals surface area contributed by atoms with E-state index < -0.39 is 0 Å². The molecule has 0 fully saturated rings. The second-order valence-corrected chi connectivity index (χ2v) is 5.74. The van der Waals surface area contributed by atoms with Crippen molar-refractivity contribution in [2.75, 3.05) is 0 Å². The van der Waals surface area contributed by atoms with Crippen LogP contribution in [0, 0.1) is 12.8 Å². The summed E-state index contributed by atoms with van der Waals surface area (Å²) in [7, 11) is 0. The third-order valence-electron chi connectivity index (χ3n) is 2.83. The summed E-state index contributed by atoms with van der Waals surface area (Å²) in [6.07, 6.45) is 5.52. The maximum atomic E-state index is 9.44. The van der Waals surface area contributed by atoms with E-state index >= 15 is 0 Å². The normalized spacial score (nSPS) is 8.32. The number of Topliss-reactive ketones (excluding diaryl/α,β-unsaturated/α-hetero) is 1. The van der Waals surface area contributed by atoms with Crippen molar-refractivity contribution in [3.05, 3.63) is 35.4 Å². The zero-order chi connectivity index (χ0) is 20.7. The van der Waals surface area contributed by atoms with Gasteiger partial charge in [0.25, 0.3) is 0 Å². The van der Waals surface area contributed by atoms with Crippen molar-refractivity contribution in [3.8, 4) is 0 Å². The molecule has 0 spiro atoms. The van der Waals surface area contributed by atoms with E-state index in [0.717, 1.165) is 11.5 Å². The molecule has 1 rings (SSSR count). The van der Waals surface area contributed by atoms with Gasteiger partial charge in [-0.2, -0.15) is 0 Å². The summed E-state index contributed by atoms with van der Waals surface area (Å²) < 4.78 is 0. The lowest BCUT2D eigenvalue weighted by atomic mass is 10.0. The van der Waals surface area contributed by atoms with Crippen molar-refractivity contribution >= 4 is 5.78 Å². The van der Waals surface area contributed by atoms with Crippen LogP contribution in [0.15, 0.2) is 24.3 Å². The lowest BCUT2D eigenvalue weighted by molar-refractivity contribution is -0.114. The first-order chi connectivity index (χ1) is 11.9. The average Bonchev–Trinajstić information content (AvgIpc) is 2.59. The second-order valence-electron chi connectivity index (χ2n) is 5.74. The molecule has 0 unspecified atom stereocenters. The fourth-order valence-corrected chi connectivity index (χ4v) is 1.94. The molecule has 150 valence electrons. The molecular weight excluding hydrogens is 308 g/mol. The molecule has 2 nitrogen and oxygen atoms in total. The highest BCUT2D eigenvalue weighted by Crippen LogP contribution is 2.10. The van der Waals surface area contributed by atoms with Crippen LogP contribution in [0.4, 0.5) is 0 Å². The first kappa shape index (κ1) is 31.6. The molecule has 0 amide bonds. The van der Waals surface area contributed by atoms with Crippen LogP contribution in [0.3, 0.4) is 0 Å². The summed E-state index contributed by atoms with van der Waals surface area (Å²) in [5, 5.41) is 8.66. The van der Waals surface area contributed by atoms with Gasteiger partial charge in [0.2, 0.25) is 0 Å². The van der Waals surface area contributed by atoms with Crippen molar-refractivity contribution in [3.63, 3.8) is 0 Å². The standard InChI is InChI=1S/C8H10O.C8H18.C3H6O.2C2H6/c1-7-3-2-4-8(5-7)6-9;1-4-6-8(3)7-5-2;1-3(2)4;2*1-2/h2-5,9H,6H2,1H3;8H,4-7H2,1-3H3;1-2H3;2*1-2H3. The van der Waals surface area contributed by atoms with Crippen LogP contribution in [0.2, 0.25) is 0 Å². The molecular formula is C23H46O2. The Morgan fingerprint density at radius 2 is 1.40 bits per heavy atom. The summed E-state index contributed by atoms with van der Waals surface area (Å²) in [6.45, 7) is 20.1. The summed E-state index contributed by atoms with van der Waals surface area (Å²) in [5.41, 5.74) is 2.18. The van der Waals surface area contributed by atoms with Crippen molar-refractivity contribution < 1.29 is 9.90 Å². The third kappa shape index (κ3) is 35.0. The first-order valence-corrected chi connectivity index (χ1v) is 10.0. The van der Waals surface area contributed by atoms with E-state index in [1.807, 2.05) is 58.9 Å². The average molecular weight is 355 g/mol. The molecule has 25 heavy (non-hydrogen) atoms. The molecule has 0 heterocycles. The van der Waals surface area contributed by atoms with E-state index in [0.29, 0.717) is 0 Å². The number of carbonyl (C=O) groups is 1. The highest BCUT2D eigenvalue weighted by Gasteiger charge is 1.95. The SMILES string of the molecule is CC.CC.CC(C)=O.CCCC(C)CCC.Cc1cccc(CO)c1. The van der Waals surface area contributed by atoms with E-state index in [-0.39, 0.29) is 12.4 Å². The fraction of sp³-hybridized carbons (Fsp3) is 0.696. The smallest absolute Gasteiger partial charge is 0.126 e. The van der Waals surface area contributed by atoms with Gasteiger partial charge in [-0.15, -0.1) is 0 Å². The molecule has 0 saturated heterocycles. The minimum Gasteiger partial charge on any atom is -0.392 e. The van der Waals surface area contributed by atoms with E-state index in [2.05, 4.69) is 20.8 Å². The maximum Gasteiger partial charge on any atom is 0.126 e. The van der Waals surface area contributed by atoms with E-state index in [9.17, 15) is 4.79 Å². The van der Waals surface area contributed by atoms with E-state index in [4.69, 9.17) is 5.11 Å². The monoisotopic (exact) mass is 354 g/mol. The molecule has 0 atom stereocenters. The van der Waals surface area contributed by atoms with Gasteiger partial charge < -0.3 is 9.90 Å². The maximum absolute atomic E-state index is 9.44.